The van der Waals surface area contributed by atoms with Gasteiger partial charge in [-0.25, -0.2) is 4.39 Å². The molecule has 0 aliphatic heterocycles. The van der Waals surface area contributed by atoms with E-state index in [1.807, 2.05) is 0 Å². The van der Waals surface area contributed by atoms with Crippen LogP contribution in [0.4, 0.5) is 23.2 Å². The van der Waals surface area contributed by atoms with Crippen molar-refractivity contribution in [1.29, 1.82) is 0 Å². The van der Waals surface area contributed by atoms with Crippen molar-refractivity contribution in [2.45, 2.75) is 26.4 Å². The number of hydrogen-bond acceptors (Lipinski definition) is 5. The summed E-state index contributed by atoms with van der Waals surface area (Å²) in [5.74, 6) is -0.441. The zero-order chi connectivity index (χ0) is 22.9. The quantitative estimate of drug-likeness (QED) is 0.277. The second kappa shape index (κ2) is 11.5. The average molecular weight is 491 g/mol. The van der Waals surface area contributed by atoms with Gasteiger partial charge in [-0.2, -0.15) is 13.2 Å². The first-order valence-corrected chi connectivity index (χ1v) is 9.67. The van der Waals surface area contributed by atoms with Gasteiger partial charge in [0.05, 0.1) is 12.3 Å². The molecule has 164 valence electrons. The third-order valence-electron chi connectivity index (χ3n) is 3.63. The molecule has 0 saturated heterocycles. The lowest BCUT2D eigenvalue weighted by molar-refractivity contribution is -0.0925. The van der Waals surface area contributed by atoms with Crippen LogP contribution in [-0.2, 0) is 4.74 Å². The van der Waals surface area contributed by atoms with Gasteiger partial charge in [-0.3, -0.25) is 9.98 Å². The number of alkyl halides is 3. The van der Waals surface area contributed by atoms with E-state index in [1.165, 1.54) is 12.3 Å². The Hall–Kier alpha value is -2.62. The summed E-state index contributed by atoms with van der Waals surface area (Å²) >= 11 is 3.24. The molecular weight excluding hydrogens is 468 g/mol. The van der Waals surface area contributed by atoms with Gasteiger partial charge in [0.1, 0.15) is 21.9 Å². The Bertz CT molecular complexity index is 889. The van der Waals surface area contributed by atoms with Crippen LogP contribution in [0.15, 0.2) is 58.3 Å². The highest BCUT2D eigenvalue weighted by Crippen LogP contribution is 2.29. The number of rotatable bonds is 9. The molecule has 0 aliphatic carbocycles. The number of halogens is 5. The first-order valence-electron chi connectivity index (χ1n) is 8.88. The Morgan fingerprint density at radius 2 is 1.97 bits per heavy atom. The van der Waals surface area contributed by atoms with E-state index in [2.05, 4.69) is 32.5 Å². The van der Waals surface area contributed by atoms with E-state index in [0.29, 0.717) is 22.8 Å². The second-order valence-corrected chi connectivity index (χ2v) is 6.60. The van der Waals surface area contributed by atoms with E-state index < -0.39 is 17.7 Å². The van der Waals surface area contributed by atoms with Crippen LogP contribution >= 0.6 is 15.9 Å². The molecule has 0 amide bonds. The minimum atomic E-state index is -4.75. The number of nitrogens with two attached hydrogens (primary N) is 2. The molecule has 1 rings (SSSR count). The Labute approximate surface area is 181 Å². The molecule has 30 heavy (non-hydrogen) atoms. The molecule has 0 radical (unpaired) electrons. The van der Waals surface area contributed by atoms with E-state index in [0.717, 1.165) is 12.1 Å². The van der Waals surface area contributed by atoms with Crippen molar-refractivity contribution in [3.8, 4) is 0 Å². The highest BCUT2D eigenvalue weighted by molar-refractivity contribution is 9.18. The fourth-order valence-electron chi connectivity index (χ4n) is 2.26. The number of ether oxygens (including phenoxy) is 1. The molecule has 1 aromatic rings. The Morgan fingerprint density at radius 3 is 2.50 bits per heavy atom. The number of nitrogens with zero attached hydrogens (tertiary/aromatic N) is 2. The first-order chi connectivity index (χ1) is 14.0. The van der Waals surface area contributed by atoms with Gasteiger partial charge in [0.2, 0.25) is 0 Å². The van der Waals surface area contributed by atoms with Gasteiger partial charge in [-0.05, 0) is 54.1 Å². The van der Waals surface area contributed by atoms with Crippen LogP contribution in [0.5, 0.6) is 0 Å². The maximum absolute atomic E-state index is 13.7. The summed E-state index contributed by atoms with van der Waals surface area (Å²) in [6, 6.07) is 3.58. The third-order valence-corrected chi connectivity index (χ3v) is 4.39. The van der Waals surface area contributed by atoms with Crippen molar-refractivity contribution >= 4 is 37.7 Å². The average Bonchev–Trinajstić information content (AvgIpc) is 2.66. The van der Waals surface area contributed by atoms with Crippen molar-refractivity contribution in [3.63, 3.8) is 0 Å². The summed E-state index contributed by atoms with van der Waals surface area (Å²) < 4.78 is 58.4. The highest BCUT2D eigenvalue weighted by Gasteiger charge is 2.31. The molecule has 0 atom stereocenters. The largest absolute Gasteiger partial charge is 0.494 e. The minimum Gasteiger partial charge on any atom is -0.494 e. The molecule has 0 aliphatic rings. The smallest absolute Gasteiger partial charge is 0.430 e. The van der Waals surface area contributed by atoms with Crippen molar-refractivity contribution in [1.82, 2.24) is 0 Å². The van der Waals surface area contributed by atoms with Crippen LogP contribution in [0.3, 0.4) is 0 Å². The molecule has 0 bridgehead atoms. The van der Waals surface area contributed by atoms with Crippen molar-refractivity contribution < 1.29 is 22.3 Å². The highest BCUT2D eigenvalue weighted by atomic mass is 79.9. The zero-order valence-electron chi connectivity index (χ0n) is 16.6. The first kappa shape index (κ1) is 25.4. The van der Waals surface area contributed by atoms with Crippen molar-refractivity contribution in [2.75, 3.05) is 13.2 Å². The number of aliphatic imine (C=N–C) groups is 2. The van der Waals surface area contributed by atoms with Gasteiger partial charge >= 0.3 is 6.18 Å². The summed E-state index contributed by atoms with van der Waals surface area (Å²) in [6.45, 7) is 7.92. The molecule has 0 fully saturated rings. The van der Waals surface area contributed by atoms with E-state index >= 15 is 0 Å². The second-order valence-electron chi connectivity index (χ2n) is 5.85. The Kier molecular flexibility index (Phi) is 9.77. The molecule has 4 N–H and O–H groups in total. The lowest BCUT2D eigenvalue weighted by Gasteiger charge is -2.13. The molecule has 1 aromatic carbocycles. The monoisotopic (exact) mass is 490 g/mol. The van der Waals surface area contributed by atoms with E-state index in [1.54, 1.807) is 13.8 Å². The Morgan fingerprint density at radius 1 is 1.30 bits per heavy atom. The van der Waals surface area contributed by atoms with Gasteiger partial charge in [0.15, 0.2) is 0 Å². The summed E-state index contributed by atoms with van der Waals surface area (Å²) in [6.07, 6.45) is -2.95. The normalized spacial score (nSPS) is 14.1. The van der Waals surface area contributed by atoms with Crippen LogP contribution in [0, 0.1) is 5.82 Å². The van der Waals surface area contributed by atoms with E-state index in [-0.39, 0.29) is 35.7 Å². The molecule has 5 nitrogen and oxygen atoms in total. The fraction of sp³-hybridized carbons (Fsp3) is 0.300. The predicted octanol–water partition coefficient (Wildman–Crippen LogP) is 5.36. The lowest BCUT2D eigenvalue weighted by Crippen LogP contribution is -2.21. The van der Waals surface area contributed by atoms with Crippen LogP contribution in [-0.4, -0.2) is 29.7 Å². The van der Waals surface area contributed by atoms with Gasteiger partial charge in [0, 0.05) is 36.0 Å². The van der Waals surface area contributed by atoms with Gasteiger partial charge in [0.25, 0.3) is 0 Å². The van der Waals surface area contributed by atoms with Crippen LogP contribution in [0.2, 0.25) is 0 Å². The fourth-order valence-corrected chi connectivity index (χ4v) is 2.78. The maximum atomic E-state index is 13.7. The standard InChI is InChI=1S/C20H23BrF4N4O/c1-4-28-19(21)13(11-26)8-15(10-18(27)20(23,24)25)29-17-7-6-14(22)9-16(17)12(3)30-5-2/h6-7,9-11H,3-5,8,26-27H2,1-2H3. The van der Waals surface area contributed by atoms with E-state index in [4.69, 9.17) is 16.2 Å². The zero-order valence-corrected chi connectivity index (χ0v) is 18.1. The summed E-state index contributed by atoms with van der Waals surface area (Å²) in [5, 5.41) is 0. The Balaban J connectivity index is 3.58. The van der Waals surface area contributed by atoms with Gasteiger partial charge in [-0.15, -0.1) is 0 Å². The van der Waals surface area contributed by atoms with E-state index in [9.17, 15) is 17.6 Å². The number of benzene rings is 1. The van der Waals surface area contributed by atoms with Crippen molar-refractivity contribution in [3.05, 3.63) is 59.7 Å². The maximum Gasteiger partial charge on any atom is 0.430 e. The molecule has 10 heteroatoms. The number of allylic oxidation sites excluding steroid dienone is 3. The van der Waals surface area contributed by atoms with Gasteiger partial charge < -0.3 is 16.2 Å². The number of hydrogen-bond donors (Lipinski definition) is 2. The summed E-state index contributed by atoms with van der Waals surface area (Å²) in [4.78, 5) is 8.40. The van der Waals surface area contributed by atoms with Crippen LogP contribution < -0.4 is 11.5 Å². The van der Waals surface area contributed by atoms with Gasteiger partial charge in [-0.1, -0.05) is 6.58 Å². The molecular formula is C20H23BrF4N4O. The molecule has 0 saturated carbocycles. The molecule has 0 aromatic heterocycles. The topological polar surface area (TPSA) is 86.0 Å². The van der Waals surface area contributed by atoms with Crippen molar-refractivity contribution in [2.24, 2.45) is 21.5 Å². The van der Waals surface area contributed by atoms with Crippen LogP contribution in [0.25, 0.3) is 5.76 Å². The predicted molar refractivity (Wildman–Crippen MR) is 116 cm³/mol. The SMILES string of the molecule is C=C(OCC)c1cc(F)ccc1N=C(C=C(N)C(F)(F)F)CC(=CN)C(Br)=NCC. The lowest BCUT2D eigenvalue weighted by atomic mass is 10.1. The summed E-state index contributed by atoms with van der Waals surface area (Å²) in [7, 11) is 0. The summed E-state index contributed by atoms with van der Waals surface area (Å²) in [5.41, 5.74) is 10.2. The molecule has 0 spiro atoms. The third kappa shape index (κ3) is 7.66. The van der Waals surface area contributed by atoms with Crippen LogP contribution in [0.1, 0.15) is 25.8 Å². The molecule has 0 unspecified atom stereocenters. The minimum absolute atomic E-state index is 0.0677. The molecule has 0 heterocycles.